The van der Waals surface area contributed by atoms with Gasteiger partial charge in [-0.25, -0.2) is 9.59 Å². The largest absolute Gasteiger partial charge is 0.450 e. The molecule has 0 bridgehead atoms. The molecule has 28 heavy (non-hydrogen) atoms. The molecule has 2 fully saturated rings. The van der Waals surface area contributed by atoms with E-state index in [0.717, 1.165) is 5.69 Å². The Kier molecular flexibility index (Phi) is 6.61. The van der Waals surface area contributed by atoms with Crippen molar-refractivity contribution >= 4 is 35.3 Å². The van der Waals surface area contributed by atoms with Crippen LogP contribution in [0.3, 0.4) is 0 Å². The highest BCUT2D eigenvalue weighted by atomic mass is 35.5. The van der Waals surface area contributed by atoms with Gasteiger partial charge in [0.2, 0.25) is 5.91 Å². The number of hydrogen-bond acceptors (Lipinski definition) is 4. The lowest BCUT2D eigenvalue weighted by Crippen LogP contribution is -2.49. The lowest BCUT2D eigenvalue weighted by atomic mass is 10.1. The summed E-state index contributed by atoms with van der Waals surface area (Å²) in [5.41, 5.74) is 0.767. The van der Waals surface area contributed by atoms with E-state index in [1.165, 1.54) is 4.90 Å². The maximum atomic E-state index is 12.6. The van der Waals surface area contributed by atoms with Crippen molar-refractivity contribution in [2.75, 3.05) is 44.2 Å². The Morgan fingerprint density at radius 3 is 2.46 bits per heavy atom. The minimum Gasteiger partial charge on any atom is -0.450 e. The first-order chi connectivity index (χ1) is 13.5. The van der Waals surface area contributed by atoms with Crippen molar-refractivity contribution in [3.8, 4) is 0 Å². The van der Waals surface area contributed by atoms with Crippen molar-refractivity contribution in [2.24, 2.45) is 0 Å². The molecule has 1 N–H and O–H groups in total. The summed E-state index contributed by atoms with van der Waals surface area (Å²) in [6.45, 7) is 4.29. The highest BCUT2D eigenvalue weighted by molar-refractivity contribution is 6.30. The van der Waals surface area contributed by atoms with Crippen LogP contribution in [0, 0.1) is 0 Å². The van der Waals surface area contributed by atoms with Crippen LogP contribution in [-0.4, -0.2) is 73.2 Å². The van der Waals surface area contributed by atoms with Gasteiger partial charge in [0, 0.05) is 42.9 Å². The van der Waals surface area contributed by atoms with Crippen LogP contribution in [-0.2, 0) is 9.53 Å². The lowest BCUT2D eigenvalue weighted by molar-refractivity contribution is -0.122. The molecule has 152 valence electrons. The number of benzene rings is 1. The van der Waals surface area contributed by atoms with Crippen molar-refractivity contribution in [3.05, 3.63) is 29.3 Å². The van der Waals surface area contributed by atoms with E-state index in [-0.39, 0.29) is 30.6 Å². The number of likely N-dealkylation sites (tertiary alicyclic amines) is 1. The first-order valence-electron chi connectivity index (χ1n) is 9.51. The number of halogens is 1. The number of rotatable bonds is 5. The molecule has 2 aliphatic heterocycles. The number of anilines is 1. The summed E-state index contributed by atoms with van der Waals surface area (Å²) >= 11 is 5.89. The minimum absolute atomic E-state index is 0.00301. The van der Waals surface area contributed by atoms with Crippen LogP contribution >= 0.6 is 11.6 Å². The van der Waals surface area contributed by atoms with Crippen LogP contribution < -0.4 is 10.2 Å². The SMILES string of the molecule is CCOC(=O)N1CCC(NC(=O)CN2CCN(c3ccc(Cl)cc3)C2=O)CC1. The van der Waals surface area contributed by atoms with Gasteiger partial charge in [0.15, 0.2) is 0 Å². The molecule has 0 saturated carbocycles. The molecule has 3 rings (SSSR count). The summed E-state index contributed by atoms with van der Waals surface area (Å²) in [6.07, 6.45) is 1.04. The number of nitrogens with zero attached hydrogens (tertiary/aromatic N) is 3. The van der Waals surface area contributed by atoms with Crippen LogP contribution in [0.25, 0.3) is 0 Å². The molecule has 8 nitrogen and oxygen atoms in total. The van der Waals surface area contributed by atoms with Crippen molar-refractivity contribution in [2.45, 2.75) is 25.8 Å². The molecule has 0 radical (unpaired) electrons. The average molecular weight is 409 g/mol. The van der Waals surface area contributed by atoms with Gasteiger partial charge in [-0.3, -0.25) is 9.69 Å². The quantitative estimate of drug-likeness (QED) is 0.810. The molecular formula is C19H25ClN4O4. The number of nitrogens with one attached hydrogen (secondary N) is 1. The van der Waals surface area contributed by atoms with Crippen molar-refractivity contribution < 1.29 is 19.1 Å². The number of carbonyl (C=O) groups excluding carboxylic acids is 3. The zero-order valence-electron chi connectivity index (χ0n) is 15.9. The number of amides is 4. The van der Waals surface area contributed by atoms with E-state index >= 15 is 0 Å². The Labute approximate surface area is 169 Å². The Bertz CT molecular complexity index is 719. The highest BCUT2D eigenvalue weighted by Crippen LogP contribution is 2.22. The predicted molar refractivity (Wildman–Crippen MR) is 106 cm³/mol. The summed E-state index contributed by atoms with van der Waals surface area (Å²) in [6, 6.07) is 6.88. The number of urea groups is 1. The molecular weight excluding hydrogens is 384 g/mol. The topological polar surface area (TPSA) is 82.2 Å². The lowest BCUT2D eigenvalue weighted by Gasteiger charge is -2.31. The van der Waals surface area contributed by atoms with Gasteiger partial charge in [-0.15, -0.1) is 0 Å². The Morgan fingerprint density at radius 2 is 1.82 bits per heavy atom. The summed E-state index contributed by atoms with van der Waals surface area (Å²) in [7, 11) is 0. The molecule has 2 heterocycles. The van der Waals surface area contributed by atoms with E-state index in [4.69, 9.17) is 16.3 Å². The van der Waals surface area contributed by atoms with Crippen LogP contribution in [0.4, 0.5) is 15.3 Å². The van der Waals surface area contributed by atoms with E-state index in [0.29, 0.717) is 50.7 Å². The molecule has 0 unspecified atom stereocenters. The van der Waals surface area contributed by atoms with E-state index in [2.05, 4.69) is 5.32 Å². The molecule has 2 aliphatic rings. The Hall–Kier alpha value is -2.48. The van der Waals surface area contributed by atoms with Crippen molar-refractivity contribution in [1.29, 1.82) is 0 Å². The van der Waals surface area contributed by atoms with Gasteiger partial charge >= 0.3 is 12.1 Å². The zero-order valence-corrected chi connectivity index (χ0v) is 16.7. The average Bonchev–Trinajstić information content (AvgIpc) is 3.03. The van der Waals surface area contributed by atoms with Gasteiger partial charge in [-0.1, -0.05) is 11.6 Å². The predicted octanol–water partition coefficient (Wildman–Crippen LogP) is 2.32. The second-order valence-corrected chi connectivity index (χ2v) is 7.30. The maximum Gasteiger partial charge on any atom is 0.409 e. The molecule has 0 spiro atoms. The number of piperidine rings is 1. The van der Waals surface area contributed by atoms with Crippen LogP contribution in [0.1, 0.15) is 19.8 Å². The van der Waals surface area contributed by atoms with Crippen LogP contribution in [0.5, 0.6) is 0 Å². The normalized spacial score (nSPS) is 17.8. The molecule has 0 aliphatic carbocycles. The molecule has 1 aromatic rings. The van der Waals surface area contributed by atoms with Gasteiger partial charge in [0.05, 0.1) is 6.61 Å². The zero-order chi connectivity index (χ0) is 20.1. The fraction of sp³-hybridized carbons (Fsp3) is 0.526. The Balaban J connectivity index is 1.45. The van der Waals surface area contributed by atoms with Gasteiger partial charge in [-0.05, 0) is 44.0 Å². The summed E-state index contributed by atoms with van der Waals surface area (Å²) in [5, 5.41) is 3.58. The summed E-state index contributed by atoms with van der Waals surface area (Å²) < 4.78 is 4.99. The highest BCUT2D eigenvalue weighted by Gasteiger charge is 2.31. The van der Waals surface area contributed by atoms with E-state index in [1.807, 2.05) is 0 Å². The maximum absolute atomic E-state index is 12.6. The monoisotopic (exact) mass is 408 g/mol. The number of carbonyl (C=O) groups is 3. The van der Waals surface area contributed by atoms with Gasteiger partial charge in [0.1, 0.15) is 6.54 Å². The third kappa shape index (κ3) is 4.86. The summed E-state index contributed by atoms with van der Waals surface area (Å²) in [5.74, 6) is -0.180. The molecule has 4 amide bonds. The standard InChI is InChI=1S/C19H25ClN4O4/c1-2-28-19(27)22-9-7-15(8-10-22)21-17(25)13-23-11-12-24(18(23)26)16-5-3-14(20)4-6-16/h3-6,15H,2,7-13H2,1H3,(H,21,25). The second-order valence-electron chi connectivity index (χ2n) is 6.86. The van der Waals surface area contributed by atoms with E-state index in [9.17, 15) is 14.4 Å². The number of ether oxygens (including phenoxy) is 1. The van der Waals surface area contributed by atoms with Crippen LogP contribution in [0.15, 0.2) is 24.3 Å². The molecule has 0 aromatic heterocycles. The summed E-state index contributed by atoms with van der Waals surface area (Å²) in [4.78, 5) is 41.5. The Morgan fingerprint density at radius 1 is 1.14 bits per heavy atom. The first kappa shape index (κ1) is 20.3. The molecule has 2 saturated heterocycles. The van der Waals surface area contributed by atoms with E-state index < -0.39 is 0 Å². The first-order valence-corrected chi connectivity index (χ1v) is 9.88. The fourth-order valence-corrected chi connectivity index (χ4v) is 3.58. The van der Waals surface area contributed by atoms with Crippen molar-refractivity contribution in [3.63, 3.8) is 0 Å². The van der Waals surface area contributed by atoms with Gasteiger partial charge < -0.3 is 19.9 Å². The number of hydrogen-bond donors (Lipinski definition) is 1. The second kappa shape index (κ2) is 9.14. The fourth-order valence-electron chi connectivity index (χ4n) is 3.46. The molecule has 0 atom stereocenters. The smallest absolute Gasteiger partial charge is 0.409 e. The van der Waals surface area contributed by atoms with Crippen molar-refractivity contribution in [1.82, 2.24) is 15.1 Å². The van der Waals surface area contributed by atoms with Gasteiger partial charge in [0.25, 0.3) is 0 Å². The van der Waals surface area contributed by atoms with Crippen LogP contribution in [0.2, 0.25) is 5.02 Å². The third-order valence-corrected chi connectivity index (χ3v) is 5.21. The van der Waals surface area contributed by atoms with E-state index in [1.54, 1.807) is 41.0 Å². The molecule has 9 heteroatoms. The molecule has 1 aromatic carbocycles. The third-order valence-electron chi connectivity index (χ3n) is 4.95. The minimum atomic E-state index is -0.308. The van der Waals surface area contributed by atoms with Gasteiger partial charge in [-0.2, -0.15) is 0 Å².